The van der Waals surface area contributed by atoms with Gasteiger partial charge in [-0.15, -0.1) is 0 Å². The number of aromatic amines is 1. The highest BCUT2D eigenvalue weighted by Gasteiger charge is 2.12. The number of rotatable bonds is 6. The number of benzene rings is 1. The van der Waals surface area contributed by atoms with Crippen molar-refractivity contribution >= 4 is 11.0 Å². The van der Waals surface area contributed by atoms with E-state index in [0.717, 1.165) is 16.6 Å². The molecule has 6 heteroatoms. The molecule has 0 atom stereocenters. The Labute approximate surface area is 133 Å². The van der Waals surface area contributed by atoms with Gasteiger partial charge in [-0.05, 0) is 18.2 Å². The Bertz CT molecular complexity index is 847. The highest BCUT2D eigenvalue weighted by Crippen LogP contribution is 2.33. The molecule has 114 valence electrons. The first-order valence-electron chi connectivity index (χ1n) is 6.99. The average Bonchev–Trinajstić information content (AvgIpc) is 3.02. The Balaban J connectivity index is 2.02. The third kappa shape index (κ3) is 3.14. The zero-order valence-electron chi connectivity index (χ0n) is 12.3. The van der Waals surface area contributed by atoms with Crippen molar-refractivity contribution in [3.05, 3.63) is 49.3 Å². The largest absolute Gasteiger partial charge is 0.489 e. The molecule has 0 amide bonds. The first kappa shape index (κ1) is 14.6. The molecule has 0 unspecified atom stereocenters. The van der Waals surface area contributed by atoms with E-state index in [1.165, 1.54) is 0 Å². The molecule has 0 radical (unpaired) electrons. The van der Waals surface area contributed by atoms with E-state index >= 15 is 0 Å². The normalized spacial score (nSPS) is 10.2. The molecule has 1 N–H and O–H groups in total. The van der Waals surface area contributed by atoms with E-state index in [4.69, 9.17) is 14.7 Å². The van der Waals surface area contributed by atoms with Gasteiger partial charge in [-0.2, -0.15) is 5.26 Å². The van der Waals surface area contributed by atoms with Crippen molar-refractivity contribution in [1.29, 1.82) is 5.26 Å². The molecule has 0 saturated carbocycles. The van der Waals surface area contributed by atoms with Crippen LogP contribution in [0, 0.1) is 11.3 Å². The van der Waals surface area contributed by atoms with Crippen molar-refractivity contribution in [1.82, 2.24) is 15.0 Å². The average molecular weight is 306 g/mol. The second-order valence-electron chi connectivity index (χ2n) is 4.68. The van der Waals surface area contributed by atoms with E-state index in [1.807, 2.05) is 18.2 Å². The van der Waals surface area contributed by atoms with Crippen molar-refractivity contribution in [2.24, 2.45) is 0 Å². The van der Waals surface area contributed by atoms with Crippen LogP contribution in [-0.4, -0.2) is 28.2 Å². The Hall–Kier alpha value is -3.33. The Kier molecular flexibility index (Phi) is 4.20. The molecule has 0 aliphatic carbocycles. The van der Waals surface area contributed by atoms with Crippen molar-refractivity contribution in [3.8, 4) is 29.0 Å². The van der Waals surface area contributed by atoms with Crippen LogP contribution in [0.2, 0.25) is 0 Å². The lowest BCUT2D eigenvalue weighted by Gasteiger charge is -2.10. The lowest BCUT2D eigenvalue weighted by Crippen LogP contribution is -1.98. The summed E-state index contributed by atoms with van der Waals surface area (Å²) < 4.78 is 11.0. The van der Waals surface area contributed by atoms with Gasteiger partial charge in [0.1, 0.15) is 35.5 Å². The topological polar surface area (TPSA) is 83.8 Å². The van der Waals surface area contributed by atoms with Crippen molar-refractivity contribution in [2.75, 3.05) is 13.2 Å². The number of hydrogen-bond donors (Lipinski definition) is 1. The predicted octanol–water partition coefficient (Wildman–Crippen LogP) is 3.09. The Morgan fingerprint density at radius 1 is 1.30 bits per heavy atom. The summed E-state index contributed by atoms with van der Waals surface area (Å²) in [5.41, 5.74) is 2.48. The van der Waals surface area contributed by atoms with Crippen LogP contribution in [-0.2, 0) is 0 Å². The number of nitrogens with one attached hydrogen (secondary N) is 1. The molecule has 0 aliphatic heterocycles. The summed E-state index contributed by atoms with van der Waals surface area (Å²) in [7, 11) is 0. The fraction of sp³-hybridized carbons (Fsp3) is 0.118. The summed E-state index contributed by atoms with van der Waals surface area (Å²) in [6, 6.07) is 9.16. The molecule has 3 aromatic rings. The van der Waals surface area contributed by atoms with E-state index in [2.05, 4.69) is 21.5 Å². The van der Waals surface area contributed by atoms with Crippen LogP contribution < -0.4 is 9.47 Å². The van der Waals surface area contributed by atoms with Crippen LogP contribution in [0.4, 0.5) is 0 Å². The number of fused-ring (bicyclic) bond motifs is 1. The van der Waals surface area contributed by atoms with Gasteiger partial charge in [-0.3, -0.25) is 4.98 Å². The van der Waals surface area contributed by atoms with Gasteiger partial charge in [-0.1, -0.05) is 12.7 Å². The molecule has 0 fully saturated rings. The molecule has 1 aromatic carbocycles. The maximum absolute atomic E-state index is 8.61. The quantitative estimate of drug-likeness (QED) is 0.707. The fourth-order valence-corrected chi connectivity index (χ4v) is 2.16. The fourth-order valence-electron chi connectivity index (χ4n) is 2.16. The summed E-state index contributed by atoms with van der Waals surface area (Å²) >= 11 is 0. The first-order chi connectivity index (χ1) is 11.3. The van der Waals surface area contributed by atoms with Gasteiger partial charge in [0.25, 0.3) is 0 Å². The van der Waals surface area contributed by atoms with E-state index in [0.29, 0.717) is 23.9 Å². The summed E-state index contributed by atoms with van der Waals surface area (Å²) in [5, 5.41) is 8.61. The monoisotopic (exact) mass is 306 g/mol. The zero-order chi connectivity index (χ0) is 16.1. The van der Waals surface area contributed by atoms with E-state index in [1.54, 1.807) is 30.6 Å². The standard InChI is InChI=1S/C17H14N4O2/c1-2-8-23-16-10-12(22-9-6-18)3-4-13(16)17-20-14-5-7-19-11-15(14)21-17/h2-5,7,10-11H,1,8-9H2,(H,20,21). The minimum absolute atomic E-state index is 0.0173. The minimum atomic E-state index is -0.0173. The van der Waals surface area contributed by atoms with Gasteiger partial charge < -0.3 is 14.5 Å². The zero-order valence-corrected chi connectivity index (χ0v) is 12.3. The number of nitriles is 1. The molecular formula is C17H14N4O2. The molecule has 6 nitrogen and oxygen atoms in total. The molecule has 0 aliphatic rings. The number of H-pyrrole nitrogens is 1. The highest BCUT2D eigenvalue weighted by molar-refractivity contribution is 5.80. The lowest BCUT2D eigenvalue weighted by atomic mass is 10.2. The SMILES string of the molecule is C=CCOc1cc(OCC#N)ccc1-c1nc2cnccc2[nH]1. The summed E-state index contributed by atoms with van der Waals surface area (Å²) in [5.74, 6) is 1.85. The molecule has 2 heterocycles. The van der Waals surface area contributed by atoms with Crippen LogP contribution in [0.15, 0.2) is 49.3 Å². The third-order valence-electron chi connectivity index (χ3n) is 3.15. The Morgan fingerprint density at radius 2 is 2.22 bits per heavy atom. The first-order valence-corrected chi connectivity index (χ1v) is 6.99. The van der Waals surface area contributed by atoms with Crippen LogP contribution in [0.1, 0.15) is 0 Å². The molecular weight excluding hydrogens is 292 g/mol. The molecule has 0 spiro atoms. The van der Waals surface area contributed by atoms with Crippen molar-refractivity contribution in [2.45, 2.75) is 0 Å². The number of hydrogen-bond acceptors (Lipinski definition) is 5. The molecule has 3 rings (SSSR count). The van der Waals surface area contributed by atoms with E-state index in [9.17, 15) is 0 Å². The third-order valence-corrected chi connectivity index (χ3v) is 3.15. The number of imidazole rings is 1. The van der Waals surface area contributed by atoms with Crippen LogP contribution >= 0.6 is 0 Å². The van der Waals surface area contributed by atoms with Gasteiger partial charge >= 0.3 is 0 Å². The summed E-state index contributed by atoms with van der Waals surface area (Å²) in [4.78, 5) is 11.8. The predicted molar refractivity (Wildman–Crippen MR) is 86.1 cm³/mol. The maximum Gasteiger partial charge on any atom is 0.174 e. The summed E-state index contributed by atoms with van der Waals surface area (Å²) in [6.45, 7) is 3.99. The van der Waals surface area contributed by atoms with Gasteiger partial charge in [0.05, 0.1) is 17.3 Å². The number of aromatic nitrogens is 3. The maximum atomic E-state index is 8.61. The van der Waals surface area contributed by atoms with Crippen molar-refractivity contribution < 1.29 is 9.47 Å². The summed E-state index contributed by atoms with van der Waals surface area (Å²) in [6.07, 6.45) is 5.07. The van der Waals surface area contributed by atoms with Gasteiger partial charge in [-0.25, -0.2) is 4.98 Å². The van der Waals surface area contributed by atoms with Crippen molar-refractivity contribution in [3.63, 3.8) is 0 Å². The van der Waals surface area contributed by atoms with E-state index < -0.39 is 0 Å². The number of ether oxygens (including phenoxy) is 2. The second-order valence-corrected chi connectivity index (χ2v) is 4.68. The lowest BCUT2D eigenvalue weighted by molar-refractivity contribution is 0.348. The Morgan fingerprint density at radius 3 is 3.00 bits per heavy atom. The van der Waals surface area contributed by atoms with Gasteiger partial charge in [0.15, 0.2) is 6.61 Å². The number of nitrogens with zero attached hydrogens (tertiary/aromatic N) is 3. The van der Waals surface area contributed by atoms with Crippen LogP contribution in [0.3, 0.4) is 0 Å². The van der Waals surface area contributed by atoms with Gasteiger partial charge in [0, 0.05) is 12.3 Å². The van der Waals surface area contributed by atoms with E-state index in [-0.39, 0.29) is 6.61 Å². The highest BCUT2D eigenvalue weighted by atomic mass is 16.5. The molecule has 0 bridgehead atoms. The second kappa shape index (κ2) is 6.62. The van der Waals surface area contributed by atoms with Crippen LogP contribution in [0.25, 0.3) is 22.4 Å². The molecule has 2 aromatic heterocycles. The van der Waals surface area contributed by atoms with Gasteiger partial charge in [0.2, 0.25) is 0 Å². The molecule has 23 heavy (non-hydrogen) atoms. The smallest absolute Gasteiger partial charge is 0.174 e. The van der Waals surface area contributed by atoms with Crippen LogP contribution in [0.5, 0.6) is 11.5 Å². The minimum Gasteiger partial charge on any atom is -0.489 e. The number of pyridine rings is 1. The molecule has 0 saturated heterocycles.